The Hall–Kier alpha value is 1.50. The van der Waals surface area contributed by atoms with E-state index in [9.17, 15) is 0 Å². The third kappa shape index (κ3) is 12.6. The third-order valence-corrected chi connectivity index (χ3v) is 2.00. The predicted molar refractivity (Wildman–Crippen MR) is 56.2 cm³/mol. The van der Waals surface area contributed by atoms with Crippen LogP contribution in [0.4, 0.5) is 0 Å². The number of unbranched alkanes of at least 4 members (excludes halogenated alkanes) is 4. The van der Waals surface area contributed by atoms with E-state index in [1.807, 2.05) is 0 Å². The van der Waals surface area contributed by atoms with Crippen molar-refractivity contribution >= 4 is 45.6 Å². The summed E-state index contributed by atoms with van der Waals surface area (Å²) in [5.74, 6) is 0. The maximum Gasteiger partial charge on any atom is 0.316 e. The van der Waals surface area contributed by atoms with Gasteiger partial charge in [-0.15, -0.1) is 0 Å². The molecule has 0 aromatic carbocycles. The van der Waals surface area contributed by atoms with Crippen molar-refractivity contribution in [3.8, 4) is 0 Å². The van der Waals surface area contributed by atoms with Crippen LogP contribution in [-0.4, -0.2) is 27.5 Å². The fourth-order valence-electron chi connectivity index (χ4n) is 0.698. The first-order chi connectivity index (χ1) is 3.91. The van der Waals surface area contributed by atoms with Crippen LogP contribution >= 0.6 is 22.6 Å². The lowest BCUT2D eigenvalue weighted by Crippen LogP contribution is -1.76. The van der Waals surface area contributed by atoms with Crippen molar-refractivity contribution < 1.29 is 0 Å². The highest BCUT2D eigenvalue weighted by atomic mass is 127. The van der Waals surface area contributed by atoms with E-state index in [-0.39, 0.29) is 23.1 Å². The van der Waals surface area contributed by atoms with Gasteiger partial charge in [0.25, 0.3) is 0 Å². The van der Waals surface area contributed by atoms with Crippen LogP contribution in [0.2, 0.25) is 0 Å². The maximum absolute atomic E-state index is 2.44. The molecule has 0 aliphatic carbocycles. The van der Waals surface area contributed by atoms with Crippen LogP contribution in [0.25, 0.3) is 0 Å². The van der Waals surface area contributed by atoms with Crippen molar-refractivity contribution in [1.82, 2.24) is 0 Å². The average molecular weight is 252 g/mol. The quantitative estimate of drug-likeness (QED) is 0.305. The largest absolute Gasteiger partial charge is 0.316 e. The molecule has 0 bridgehead atoms. The molecule has 0 aliphatic heterocycles. The van der Waals surface area contributed by atoms with Gasteiger partial charge in [0.2, 0.25) is 0 Å². The molecule has 0 N–H and O–H groups in total. The zero-order valence-corrected chi connectivity index (χ0v) is 7.78. The van der Waals surface area contributed by atoms with Crippen molar-refractivity contribution in [2.45, 2.75) is 39.0 Å². The van der Waals surface area contributed by atoms with Gasteiger partial charge in [0.05, 0.1) is 0 Å². The molecule has 0 saturated carbocycles. The Morgan fingerprint density at radius 2 is 1.56 bits per heavy atom. The molecule has 0 nitrogen and oxygen atoms in total. The van der Waals surface area contributed by atoms with Crippen LogP contribution in [0.1, 0.15) is 39.0 Å². The highest BCUT2D eigenvalue weighted by Crippen LogP contribution is 2.03. The van der Waals surface area contributed by atoms with Gasteiger partial charge in [0.1, 0.15) is 0 Å². The fraction of sp³-hybridized carbons (Fsp3) is 1.00. The highest BCUT2D eigenvalue weighted by Gasteiger charge is 1.84. The Balaban J connectivity index is 0. The van der Waals surface area contributed by atoms with E-state index in [0.29, 0.717) is 0 Å². The molecule has 54 valence electrons. The minimum atomic E-state index is 0. The summed E-state index contributed by atoms with van der Waals surface area (Å²) >= 11 is 2.44. The number of halogens is 1. The monoisotopic (exact) mass is 252 g/mol. The van der Waals surface area contributed by atoms with Crippen LogP contribution in [0.5, 0.6) is 0 Å². The molecule has 2 heteroatoms. The Bertz CT molecular complexity index is 33.9. The Labute approximate surface area is 88.5 Å². The molecular formula is C7H17IMg. The summed E-state index contributed by atoms with van der Waals surface area (Å²) in [5, 5.41) is 0. The van der Waals surface area contributed by atoms with E-state index in [2.05, 4.69) is 29.5 Å². The second-order valence-electron chi connectivity index (χ2n) is 2.10. The van der Waals surface area contributed by atoms with E-state index in [1.165, 1.54) is 36.5 Å². The van der Waals surface area contributed by atoms with Gasteiger partial charge < -0.3 is 0 Å². The second-order valence-corrected chi connectivity index (χ2v) is 3.18. The SMILES string of the molecule is CCCCCCCI.[MgH2]. The van der Waals surface area contributed by atoms with Crippen molar-refractivity contribution in [2.75, 3.05) is 4.43 Å². The molecule has 0 unspecified atom stereocenters. The molecule has 0 rings (SSSR count). The summed E-state index contributed by atoms with van der Waals surface area (Å²) in [4.78, 5) is 0. The van der Waals surface area contributed by atoms with E-state index in [4.69, 9.17) is 0 Å². The van der Waals surface area contributed by atoms with Gasteiger partial charge in [-0.25, -0.2) is 0 Å². The first kappa shape index (κ1) is 13.1. The van der Waals surface area contributed by atoms with E-state index < -0.39 is 0 Å². The lowest BCUT2D eigenvalue weighted by atomic mass is 10.2. The molecule has 0 aliphatic rings. The Morgan fingerprint density at radius 3 is 2.00 bits per heavy atom. The van der Waals surface area contributed by atoms with Gasteiger partial charge in [-0.05, 0) is 10.8 Å². The van der Waals surface area contributed by atoms with Crippen molar-refractivity contribution in [3.05, 3.63) is 0 Å². The van der Waals surface area contributed by atoms with E-state index in [1.54, 1.807) is 0 Å². The zero-order valence-electron chi connectivity index (χ0n) is 5.62. The zero-order chi connectivity index (χ0) is 6.24. The summed E-state index contributed by atoms with van der Waals surface area (Å²) < 4.78 is 1.33. The molecule has 0 aromatic rings. The number of alkyl halides is 1. The van der Waals surface area contributed by atoms with Gasteiger partial charge in [-0.1, -0.05) is 55.2 Å². The molecule has 0 heterocycles. The standard InChI is InChI=1S/C7H15I.Mg.2H/c1-2-3-4-5-6-7-8;;;/h2-7H2,1H3;;;. The minimum absolute atomic E-state index is 0. The van der Waals surface area contributed by atoms with Crippen LogP contribution in [-0.2, 0) is 0 Å². The molecule has 0 saturated heterocycles. The summed E-state index contributed by atoms with van der Waals surface area (Å²) in [6.45, 7) is 2.25. The van der Waals surface area contributed by atoms with Gasteiger partial charge in [0, 0.05) is 0 Å². The molecule has 0 spiro atoms. The topological polar surface area (TPSA) is 0 Å². The lowest BCUT2D eigenvalue weighted by Gasteiger charge is -1.93. The molecule has 0 atom stereocenters. The normalized spacial score (nSPS) is 8.67. The first-order valence-corrected chi connectivity index (χ1v) is 5.00. The van der Waals surface area contributed by atoms with Crippen molar-refractivity contribution in [1.29, 1.82) is 0 Å². The summed E-state index contributed by atoms with van der Waals surface area (Å²) in [5.41, 5.74) is 0. The Kier molecular flexibility index (Phi) is 17.8. The molecular weight excluding hydrogens is 235 g/mol. The molecule has 9 heavy (non-hydrogen) atoms. The summed E-state index contributed by atoms with van der Waals surface area (Å²) in [6, 6.07) is 0. The lowest BCUT2D eigenvalue weighted by molar-refractivity contribution is 0.662. The van der Waals surface area contributed by atoms with Crippen molar-refractivity contribution in [3.63, 3.8) is 0 Å². The van der Waals surface area contributed by atoms with Gasteiger partial charge in [-0.3, -0.25) is 0 Å². The highest BCUT2D eigenvalue weighted by molar-refractivity contribution is 14.1. The molecule has 0 amide bonds. The number of hydrogen-bond donors (Lipinski definition) is 0. The summed E-state index contributed by atoms with van der Waals surface area (Å²) in [7, 11) is 0. The van der Waals surface area contributed by atoms with Crippen LogP contribution in [0.15, 0.2) is 0 Å². The molecule has 0 aromatic heterocycles. The summed E-state index contributed by atoms with van der Waals surface area (Å²) in [6.07, 6.45) is 7.09. The number of hydrogen-bond acceptors (Lipinski definition) is 0. The molecule has 0 fully saturated rings. The van der Waals surface area contributed by atoms with Gasteiger partial charge in [0.15, 0.2) is 0 Å². The van der Waals surface area contributed by atoms with E-state index in [0.717, 1.165) is 0 Å². The second kappa shape index (κ2) is 12.2. The fourth-order valence-corrected chi connectivity index (χ4v) is 1.24. The maximum atomic E-state index is 2.44. The predicted octanol–water partition coefficient (Wildman–Crippen LogP) is 2.48. The average Bonchev–Trinajstić information content (AvgIpc) is 1.81. The van der Waals surface area contributed by atoms with Crippen molar-refractivity contribution in [2.24, 2.45) is 0 Å². The smallest absolute Gasteiger partial charge is 0.0864 e. The third-order valence-electron chi connectivity index (χ3n) is 1.24. The van der Waals surface area contributed by atoms with Crippen LogP contribution in [0.3, 0.4) is 0 Å². The minimum Gasteiger partial charge on any atom is -0.0864 e. The van der Waals surface area contributed by atoms with Crippen LogP contribution in [0, 0.1) is 0 Å². The van der Waals surface area contributed by atoms with E-state index >= 15 is 0 Å². The van der Waals surface area contributed by atoms with Crippen LogP contribution < -0.4 is 0 Å². The first-order valence-electron chi connectivity index (χ1n) is 3.47. The Morgan fingerprint density at radius 1 is 1.00 bits per heavy atom. The van der Waals surface area contributed by atoms with Gasteiger partial charge >= 0.3 is 23.1 Å². The molecule has 0 radical (unpaired) electrons. The van der Waals surface area contributed by atoms with Gasteiger partial charge in [-0.2, -0.15) is 0 Å². The number of rotatable bonds is 5.